The van der Waals surface area contributed by atoms with Crippen molar-refractivity contribution in [2.24, 2.45) is 0 Å². The Morgan fingerprint density at radius 1 is 1.30 bits per heavy atom. The summed E-state index contributed by atoms with van der Waals surface area (Å²) in [5.74, 6) is 0.812. The summed E-state index contributed by atoms with van der Waals surface area (Å²) in [6.45, 7) is 4.34. The smallest absolute Gasteiger partial charge is 0.0631 e. The van der Waals surface area contributed by atoms with Gasteiger partial charge in [0, 0.05) is 29.1 Å². The van der Waals surface area contributed by atoms with Crippen LogP contribution in [0.5, 0.6) is 0 Å². The van der Waals surface area contributed by atoms with Crippen LogP contribution in [-0.2, 0) is 6.42 Å². The topological polar surface area (TPSA) is 17.8 Å². The highest BCUT2D eigenvalue weighted by Gasteiger charge is 2.14. The van der Waals surface area contributed by atoms with E-state index in [1.807, 2.05) is 29.1 Å². The van der Waals surface area contributed by atoms with Crippen LogP contribution in [0.15, 0.2) is 36.5 Å². The molecule has 2 unspecified atom stereocenters. The minimum Gasteiger partial charge on any atom is -0.270 e. The maximum absolute atomic E-state index is 6.12. The molecule has 1 aromatic heterocycles. The molecule has 0 saturated heterocycles. The number of nitrogens with zero attached hydrogens (tertiary/aromatic N) is 2. The number of benzene rings is 1. The lowest BCUT2D eigenvalue weighted by atomic mass is 9.96. The molecule has 108 valence electrons. The minimum atomic E-state index is 0.246. The van der Waals surface area contributed by atoms with Crippen LogP contribution < -0.4 is 0 Å². The fourth-order valence-corrected chi connectivity index (χ4v) is 2.68. The highest BCUT2D eigenvalue weighted by atomic mass is 35.5. The predicted molar refractivity (Wildman–Crippen MR) is 85.8 cm³/mol. The summed E-state index contributed by atoms with van der Waals surface area (Å²) in [5.41, 5.74) is 2.25. The first-order valence-electron chi connectivity index (χ1n) is 6.99. The minimum absolute atomic E-state index is 0.246. The number of alkyl halides is 1. The molecule has 0 N–H and O–H groups in total. The molecule has 2 nitrogen and oxygen atoms in total. The standard InChI is InChI=1S/C16H20Cl2N2/c1-3-12(2)20-8-7-16(19-20)10-14(11-17)13-5-4-6-15(18)9-13/h4-9,12,14H,3,10-11H2,1-2H3. The van der Waals surface area contributed by atoms with Crippen LogP contribution in [-0.4, -0.2) is 15.7 Å². The first-order valence-corrected chi connectivity index (χ1v) is 7.90. The molecule has 0 radical (unpaired) electrons. The normalized spacial score (nSPS) is 14.2. The molecule has 0 spiro atoms. The molecule has 0 fully saturated rings. The summed E-state index contributed by atoms with van der Waals surface area (Å²) < 4.78 is 2.03. The first-order chi connectivity index (χ1) is 9.63. The van der Waals surface area contributed by atoms with Gasteiger partial charge in [-0.15, -0.1) is 11.6 Å². The van der Waals surface area contributed by atoms with Crippen LogP contribution in [0.25, 0.3) is 0 Å². The zero-order chi connectivity index (χ0) is 14.5. The molecule has 1 heterocycles. The second-order valence-electron chi connectivity index (χ2n) is 5.15. The van der Waals surface area contributed by atoms with Crippen molar-refractivity contribution in [1.82, 2.24) is 9.78 Å². The van der Waals surface area contributed by atoms with E-state index in [0.29, 0.717) is 11.9 Å². The van der Waals surface area contributed by atoms with Gasteiger partial charge in [0.2, 0.25) is 0 Å². The van der Waals surface area contributed by atoms with Gasteiger partial charge in [0.25, 0.3) is 0 Å². The molecular weight excluding hydrogens is 291 g/mol. The summed E-state index contributed by atoms with van der Waals surface area (Å²) in [6, 6.07) is 10.4. The largest absolute Gasteiger partial charge is 0.270 e. The van der Waals surface area contributed by atoms with E-state index >= 15 is 0 Å². The maximum Gasteiger partial charge on any atom is 0.0631 e. The SMILES string of the molecule is CCC(C)n1ccc(CC(CCl)c2cccc(Cl)c2)n1. The lowest BCUT2D eigenvalue weighted by molar-refractivity contribution is 0.472. The van der Waals surface area contributed by atoms with Crippen LogP contribution in [0.4, 0.5) is 0 Å². The molecule has 2 aromatic rings. The number of rotatable bonds is 6. The van der Waals surface area contributed by atoms with Crippen LogP contribution in [0, 0.1) is 0 Å². The van der Waals surface area contributed by atoms with E-state index < -0.39 is 0 Å². The Kier molecular flexibility index (Phi) is 5.50. The van der Waals surface area contributed by atoms with Crippen molar-refractivity contribution in [1.29, 1.82) is 0 Å². The molecule has 0 aliphatic carbocycles. The third kappa shape index (κ3) is 3.77. The molecule has 0 bridgehead atoms. The van der Waals surface area contributed by atoms with Crippen LogP contribution in [0.1, 0.15) is 43.5 Å². The number of hydrogen-bond acceptors (Lipinski definition) is 1. The molecule has 0 aliphatic rings. The third-order valence-corrected chi connectivity index (χ3v) is 4.28. The van der Waals surface area contributed by atoms with Gasteiger partial charge < -0.3 is 0 Å². The monoisotopic (exact) mass is 310 g/mol. The first kappa shape index (κ1) is 15.4. The molecule has 2 atom stereocenters. The Bertz CT molecular complexity index is 551. The fraction of sp³-hybridized carbons (Fsp3) is 0.438. The van der Waals surface area contributed by atoms with Crippen LogP contribution in [0.3, 0.4) is 0 Å². The molecule has 0 aliphatic heterocycles. The zero-order valence-corrected chi connectivity index (χ0v) is 13.4. The van der Waals surface area contributed by atoms with E-state index in [4.69, 9.17) is 23.2 Å². The summed E-state index contributed by atoms with van der Waals surface area (Å²) >= 11 is 12.2. The van der Waals surface area contributed by atoms with Crippen molar-refractivity contribution < 1.29 is 0 Å². The van der Waals surface area contributed by atoms with Gasteiger partial charge in [-0.05, 0) is 43.5 Å². The highest BCUT2D eigenvalue weighted by molar-refractivity contribution is 6.30. The van der Waals surface area contributed by atoms with E-state index in [0.717, 1.165) is 23.6 Å². The summed E-state index contributed by atoms with van der Waals surface area (Å²) in [4.78, 5) is 0. The number of halogens is 2. The van der Waals surface area contributed by atoms with Crippen molar-refractivity contribution >= 4 is 23.2 Å². The van der Waals surface area contributed by atoms with Crippen LogP contribution in [0.2, 0.25) is 5.02 Å². The number of aromatic nitrogens is 2. The Hall–Kier alpha value is -0.990. The molecular formula is C16H20Cl2N2. The van der Waals surface area contributed by atoms with E-state index in [-0.39, 0.29) is 5.92 Å². The second kappa shape index (κ2) is 7.14. The maximum atomic E-state index is 6.12. The van der Waals surface area contributed by atoms with Gasteiger partial charge in [-0.25, -0.2) is 0 Å². The summed E-state index contributed by atoms with van der Waals surface area (Å²) in [6.07, 6.45) is 3.97. The van der Waals surface area contributed by atoms with Crippen molar-refractivity contribution in [3.05, 3.63) is 52.8 Å². The van der Waals surface area contributed by atoms with Gasteiger partial charge in [0.1, 0.15) is 0 Å². The van der Waals surface area contributed by atoms with Gasteiger partial charge >= 0.3 is 0 Å². The van der Waals surface area contributed by atoms with Gasteiger partial charge in [0.15, 0.2) is 0 Å². The highest BCUT2D eigenvalue weighted by Crippen LogP contribution is 2.24. The Morgan fingerprint density at radius 3 is 2.75 bits per heavy atom. The van der Waals surface area contributed by atoms with Crippen molar-refractivity contribution in [3.63, 3.8) is 0 Å². The second-order valence-corrected chi connectivity index (χ2v) is 5.90. The lowest BCUT2D eigenvalue weighted by Crippen LogP contribution is -2.08. The lowest BCUT2D eigenvalue weighted by Gasteiger charge is -2.13. The fourth-order valence-electron chi connectivity index (χ4n) is 2.19. The van der Waals surface area contributed by atoms with Crippen LogP contribution >= 0.6 is 23.2 Å². The molecule has 2 rings (SSSR count). The van der Waals surface area contributed by atoms with Gasteiger partial charge in [-0.3, -0.25) is 4.68 Å². The molecule has 0 saturated carbocycles. The van der Waals surface area contributed by atoms with Crippen molar-refractivity contribution in [2.45, 2.75) is 38.6 Å². The Morgan fingerprint density at radius 2 is 2.10 bits per heavy atom. The van der Waals surface area contributed by atoms with E-state index in [9.17, 15) is 0 Å². The average Bonchev–Trinajstić information content (AvgIpc) is 2.92. The summed E-state index contributed by atoms with van der Waals surface area (Å²) in [5, 5.41) is 5.39. The van der Waals surface area contributed by atoms with E-state index in [1.165, 1.54) is 5.56 Å². The zero-order valence-electron chi connectivity index (χ0n) is 11.9. The number of hydrogen-bond donors (Lipinski definition) is 0. The molecule has 4 heteroatoms. The molecule has 20 heavy (non-hydrogen) atoms. The van der Waals surface area contributed by atoms with Crippen molar-refractivity contribution in [2.75, 3.05) is 5.88 Å². The Labute approximate surface area is 130 Å². The third-order valence-electron chi connectivity index (χ3n) is 3.67. The average molecular weight is 311 g/mol. The Balaban J connectivity index is 2.12. The van der Waals surface area contributed by atoms with Gasteiger partial charge in [-0.2, -0.15) is 5.10 Å². The van der Waals surface area contributed by atoms with E-state index in [2.05, 4.69) is 31.1 Å². The molecule has 1 aromatic carbocycles. The quantitative estimate of drug-likeness (QED) is 0.681. The van der Waals surface area contributed by atoms with E-state index in [1.54, 1.807) is 0 Å². The van der Waals surface area contributed by atoms with Crippen molar-refractivity contribution in [3.8, 4) is 0 Å². The summed E-state index contributed by atoms with van der Waals surface area (Å²) in [7, 11) is 0. The predicted octanol–water partition coefficient (Wildman–Crippen LogP) is 5.07. The van der Waals surface area contributed by atoms with Gasteiger partial charge in [-0.1, -0.05) is 30.7 Å². The van der Waals surface area contributed by atoms with Gasteiger partial charge in [0.05, 0.1) is 5.69 Å². The molecule has 0 amide bonds.